The number of fused-ring (bicyclic) bond motifs is 2. The Labute approximate surface area is 157 Å². The van der Waals surface area contributed by atoms with Gasteiger partial charge in [0.05, 0.1) is 6.42 Å². The van der Waals surface area contributed by atoms with Gasteiger partial charge in [0, 0.05) is 36.6 Å². The lowest BCUT2D eigenvalue weighted by Gasteiger charge is -2.34. The number of carboxylic acid groups (broad SMARTS) is 1. The van der Waals surface area contributed by atoms with Crippen LogP contribution in [-0.4, -0.2) is 32.5 Å². The first-order valence-corrected chi connectivity index (χ1v) is 9.24. The monoisotopic (exact) mass is 362 g/mol. The van der Waals surface area contributed by atoms with E-state index in [1.54, 1.807) is 0 Å². The van der Waals surface area contributed by atoms with Gasteiger partial charge < -0.3 is 14.6 Å². The van der Waals surface area contributed by atoms with Gasteiger partial charge in [-0.05, 0) is 29.7 Å². The Kier molecular flexibility index (Phi) is 4.44. The third-order valence-corrected chi connectivity index (χ3v) is 5.41. The van der Waals surface area contributed by atoms with E-state index >= 15 is 0 Å². The fraction of sp³-hybridized carbons (Fsp3) is 0.273. The molecule has 0 radical (unpaired) electrons. The van der Waals surface area contributed by atoms with E-state index in [9.17, 15) is 14.7 Å². The molecular formula is C22H22N2O3. The number of aryl methyl sites for hydroxylation is 1. The van der Waals surface area contributed by atoms with Gasteiger partial charge in [0.2, 0.25) is 5.91 Å². The van der Waals surface area contributed by atoms with Crippen molar-refractivity contribution in [3.63, 3.8) is 0 Å². The molecule has 1 atom stereocenters. The summed E-state index contributed by atoms with van der Waals surface area (Å²) in [5.74, 6) is -1.09. The third kappa shape index (κ3) is 3.10. The highest BCUT2D eigenvalue weighted by atomic mass is 16.4. The summed E-state index contributed by atoms with van der Waals surface area (Å²) in [7, 11) is 0. The van der Waals surface area contributed by atoms with Gasteiger partial charge in [-0.3, -0.25) is 4.79 Å². The second kappa shape index (κ2) is 6.91. The smallest absolute Gasteiger partial charge is 0.326 e. The molecule has 4 rings (SSSR count). The van der Waals surface area contributed by atoms with E-state index in [-0.39, 0.29) is 12.3 Å². The Morgan fingerprint density at radius 3 is 2.52 bits per heavy atom. The van der Waals surface area contributed by atoms with Crippen molar-refractivity contribution in [3.05, 3.63) is 71.4 Å². The molecule has 1 N–H and O–H groups in total. The molecule has 0 saturated carbocycles. The molecule has 3 aromatic rings. The Hall–Kier alpha value is -3.08. The minimum absolute atomic E-state index is 0.143. The number of rotatable bonds is 4. The number of hydrogen-bond donors (Lipinski definition) is 1. The number of nitrogens with zero attached hydrogens (tertiary/aromatic N) is 2. The first-order valence-electron chi connectivity index (χ1n) is 9.24. The number of carbonyl (C=O) groups excluding carboxylic acids is 1. The number of hydrogen-bond acceptors (Lipinski definition) is 2. The van der Waals surface area contributed by atoms with Crippen LogP contribution in [0.1, 0.15) is 23.6 Å². The highest BCUT2D eigenvalue weighted by molar-refractivity contribution is 5.91. The van der Waals surface area contributed by atoms with Gasteiger partial charge in [-0.15, -0.1) is 0 Å². The Morgan fingerprint density at radius 1 is 1.07 bits per heavy atom. The molecule has 138 valence electrons. The highest BCUT2D eigenvalue weighted by Crippen LogP contribution is 2.26. The molecule has 27 heavy (non-hydrogen) atoms. The van der Waals surface area contributed by atoms with Crippen LogP contribution in [0.4, 0.5) is 0 Å². The zero-order chi connectivity index (χ0) is 19.0. The molecule has 5 nitrogen and oxygen atoms in total. The summed E-state index contributed by atoms with van der Waals surface area (Å²) in [5.41, 5.74) is 4.08. The second-order valence-electron chi connectivity index (χ2n) is 6.98. The Balaban J connectivity index is 1.65. The SMILES string of the molecule is CCn1cc(CC(=O)N2Cc3ccccc3CC2C(=O)O)c2ccccc21. The minimum Gasteiger partial charge on any atom is -0.480 e. The summed E-state index contributed by atoms with van der Waals surface area (Å²) in [6.45, 7) is 3.24. The van der Waals surface area contributed by atoms with Crippen molar-refractivity contribution in [2.75, 3.05) is 0 Å². The fourth-order valence-electron chi connectivity index (χ4n) is 4.00. The average Bonchev–Trinajstić information content (AvgIpc) is 3.04. The van der Waals surface area contributed by atoms with Gasteiger partial charge in [-0.25, -0.2) is 4.79 Å². The van der Waals surface area contributed by atoms with Gasteiger partial charge in [0.15, 0.2) is 0 Å². The van der Waals surface area contributed by atoms with Gasteiger partial charge in [0.25, 0.3) is 0 Å². The van der Waals surface area contributed by atoms with E-state index in [4.69, 9.17) is 0 Å². The summed E-state index contributed by atoms with van der Waals surface area (Å²) in [6, 6.07) is 15.0. The first-order chi connectivity index (χ1) is 13.1. The maximum Gasteiger partial charge on any atom is 0.326 e. The summed E-state index contributed by atoms with van der Waals surface area (Å²) in [6.07, 6.45) is 2.57. The van der Waals surface area contributed by atoms with Gasteiger partial charge in [0.1, 0.15) is 6.04 Å². The van der Waals surface area contributed by atoms with E-state index in [1.165, 1.54) is 4.90 Å². The molecule has 1 aliphatic heterocycles. The van der Waals surface area contributed by atoms with E-state index in [0.29, 0.717) is 13.0 Å². The topological polar surface area (TPSA) is 62.5 Å². The second-order valence-corrected chi connectivity index (χ2v) is 6.98. The molecule has 1 unspecified atom stereocenters. The Bertz CT molecular complexity index is 1020. The molecule has 5 heteroatoms. The zero-order valence-corrected chi connectivity index (χ0v) is 15.3. The molecular weight excluding hydrogens is 340 g/mol. The van der Waals surface area contributed by atoms with Crippen LogP contribution in [0.2, 0.25) is 0 Å². The van der Waals surface area contributed by atoms with Crippen LogP contribution < -0.4 is 0 Å². The number of aliphatic carboxylic acids is 1. The lowest BCUT2D eigenvalue weighted by molar-refractivity contribution is -0.151. The normalized spacial score (nSPS) is 16.3. The van der Waals surface area contributed by atoms with Crippen molar-refractivity contribution < 1.29 is 14.7 Å². The molecule has 0 aliphatic carbocycles. The molecule has 0 fully saturated rings. The molecule has 1 aromatic heterocycles. The quantitative estimate of drug-likeness (QED) is 0.775. The van der Waals surface area contributed by atoms with Crippen LogP contribution >= 0.6 is 0 Å². The standard InChI is InChI=1S/C22H22N2O3/c1-2-23-13-17(18-9-5-6-10-19(18)23)12-21(25)24-14-16-8-4-3-7-15(16)11-20(24)22(26)27/h3-10,13,20H,2,11-12,14H2,1H3,(H,26,27). The maximum absolute atomic E-state index is 13.1. The van der Waals surface area contributed by atoms with Crippen LogP contribution in [0.3, 0.4) is 0 Å². The molecule has 1 amide bonds. The van der Waals surface area contributed by atoms with Crippen molar-refractivity contribution in [1.82, 2.24) is 9.47 Å². The maximum atomic E-state index is 13.1. The van der Waals surface area contributed by atoms with Crippen LogP contribution in [0, 0.1) is 0 Å². The third-order valence-electron chi connectivity index (χ3n) is 5.41. The van der Waals surface area contributed by atoms with Crippen LogP contribution in [-0.2, 0) is 35.5 Å². The molecule has 0 saturated heterocycles. The summed E-state index contributed by atoms with van der Waals surface area (Å²) < 4.78 is 2.12. The lowest BCUT2D eigenvalue weighted by atomic mass is 9.93. The lowest BCUT2D eigenvalue weighted by Crippen LogP contribution is -2.49. The van der Waals surface area contributed by atoms with Gasteiger partial charge in [-0.1, -0.05) is 42.5 Å². The zero-order valence-electron chi connectivity index (χ0n) is 15.3. The van der Waals surface area contributed by atoms with Crippen LogP contribution in [0.25, 0.3) is 10.9 Å². The summed E-state index contributed by atoms with van der Waals surface area (Å²) in [4.78, 5) is 26.4. The Morgan fingerprint density at radius 2 is 1.78 bits per heavy atom. The number of benzene rings is 2. The van der Waals surface area contributed by atoms with E-state index < -0.39 is 12.0 Å². The highest BCUT2D eigenvalue weighted by Gasteiger charge is 2.34. The van der Waals surface area contributed by atoms with Crippen molar-refractivity contribution in [1.29, 1.82) is 0 Å². The van der Waals surface area contributed by atoms with Crippen molar-refractivity contribution in [2.24, 2.45) is 0 Å². The summed E-state index contributed by atoms with van der Waals surface area (Å²) in [5, 5.41) is 10.7. The largest absolute Gasteiger partial charge is 0.480 e. The predicted octanol–water partition coefficient (Wildman–Crippen LogP) is 3.24. The van der Waals surface area contributed by atoms with E-state index in [0.717, 1.165) is 34.1 Å². The summed E-state index contributed by atoms with van der Waals surface area (Å²) >= 11 is 0. The van der Waals surface area contributed by atoms with Crippen LogP contribution in [0.5, 0.6) is 0 Å². The number of amides is 1. The number of aromatic nitrogens is 1. The van der Waals surface area contributed by atoms with Crippen molar-refractivity contribution in [3.8, 4) is 0 Å². The average molecular weight is 362 g/mol. The first kappa shape index (κ1) is 17.3. The van der Waals surface area contributed by atoms with E-state index in [2.05, 4.69) is 11.5 Å². The van der Waals surface area contributed by atoms with Crippen LogP contribution in [0.15, 0.2) is 54.7 Å². The molecule has 1 aliphatic rings. The van der Waals surface area contributed by atoms with Crippen molar-refractivity contribution >= 4 is 22.8 Å². The van der Waals surface area contributed by atoms with Gasteiger partial charge >= 0.3 is 5.97 Å². The van der Waals surface area contributed by atoms with E-state index in [1.807, 2.05) is 54.7 Å². The van der Waals surface area contributed by atoms with Gasteiger partial charge in [-0.2, -0.15) is 0 Å². The predicted molar refractivity (Wildman–Crippen MR) is 103 cm³/mol. The molecule has 0 spiro atoms. The minimum atomic E-state index is -0.950. The number of carboxylic acids is 1. The molecule has 2 aromatic carbocycles. The molecule has 2 heterocycles. The number of carbonyl (C=O) groups is 2. The molecule has 0 bridgehead atoms. The fourth-order valence-corrected chi connectivity index (χ4v) is 4.00. The van der Waals surface area contributed by atoms with Crippen molar-refractivity contribution in [2.45, 2.75) is 38.9 Å². The number of para-hydroxylation sites is 1.